The number of benzene rings is 1. The van der Waals surface area contributed by atoms with E-state index in [2.05, 4.69) is 29.6 Å². The van der Waals surface area contributed by atoms with E-state index in [1.54, 1.807) is 0 Å². The van der Waals surface area contributed by atoms with Crippen LogP contribution in [0.4, 0.5) is 0 Å². The summed E-state index contributed by atoms with van der Waals surface area (Å²) >= 11 is 0. The minimum atomic E-state index is 0. The topological polar surface area (TPSA) is 55.1 Å². The van der Waals surface area contributed by atoms with Gasteiger partial charge in [-0.05, 0) is 43.1 Å². The van der Waals surface area contributed by atoms with Crippen molar-refractivity contribution in [1.82, 2.24) is 5.32 Å². The van der Waals surface area contributed by atoms with Gasteiger partial charge >= 0.3 is 0 Å². The summed E-state index contributed by atoms with van der Waals surface area (Å²) < 4.78 is 0. The quantitative estimate of drug-likeness (QED) is 0.878. The van der Waals surface area contributed by atoms with Crippen LogP contribution in [0.25, 0.3) is 0 Å². The van der Waals surface area contributed by atoms with Crippen molar-refractivity contribution in [3.05, 3.63) is 35.9 Å². The number of nitrogens with two attached hydrogens (primary N) is 1. The number of hydrogen-bond donors (Lipinski definition) is 2. The van der Waals surface area contributed by atoms with Crippen molar-refractivity contribution in [2.24, 2.45) is 17.6 Å². The fourth-order valence-electron chi connectivity index (χ4n) is 3.39. The smallest absolute Gasteiger partial charge is 0.220 e. The van der Waals surface area contributed by atoms with Gasteiger partial charge in [0.05, 0.1) is 0 Å². The first kappa shape index (κ1) is 16.3. The lowest BCUT2D eigenvalue weighted by atomic mass is 10.00. The normalized spacial score (nSPS) is 30.5. The second-order valence-corrected chi connectivity index (χ2v) is 6.42. The fourth-order valence-corrected chi connectivity index (χ4v) is 3.39. The van der Waals surface area contributed by atoms with Gasteiger partial charge in [0.2, 0.25) is 5.91 Å². The molecular formula is C17H25ClN2O. The summed E-state index contributed by atoms with van der Waals surface area (Å²) in [7, 11) is 0. The Balaban J connectivity index is 0.00000161. The molecular weight excluding hydrogens is 284 g/mol. The molecule has 0 saturated heterocycles. The Labute approximate surface area is 133 Å². The van der Waals surface area contributed by atoms with Crippen LogP contribution in [0, 0.1) is 11.8 Å². The lowest BCUT2D eigenvalue weighted by Crippen LogP contribution is -2.33. The van der Waals surface area contributed by atoms with E-state index in [0.29, 0.717) is 24.3 Å². The van der Waals surface area contributed by atoms with Crippen LogP contribution in [-0.4, -0.2) is 18.0 Å². The van der Waals surface area contributed by atoms with E-state index < -0.39 is 0 Å². The average molecular weight is 309 g/mol. The zero-order valence-corrected chi connectivity index (χ0v) is 13.1. The van der Waals surface area contributed by atoms with E-state index in [1.807, 2.05) is 6.07 Å². The van der Waals surface area contributed by atoms with Gasteiger partial charge in [-0.3, -0.25) is 4.79 Å². The Bertz CT molecular complexity index is 465. The average Bonchev–Trinajstić information content (AvgIpc) is 3.02. The van der Waals surface area contributed by atoms with Crippen LogP contribution < -0.4 is 11.1 Å². The molecule has 3 rings (SSSR count). The molecule has 3 N–H and O–H groups in total. The molecule has 2 unspecified atom stereocenters. The van der Waals surface area contributed by atoms with Gasteiger partial charge in [0.1, 0.15) is 0 Å². The fraction of sp³-hybridized carbons (Fsp3) is 0.588. The van der Waals surface area contributed by atoms with E-state index >= 15 is 0 Å². The van der Waals surface area contributed by atoms with Crippen molar-refractivity contribution < 1.29 is 4.79 Å². The van der Waals surface area contributed by atoms with Crippen molar-refractivity contribution >= 4 is 18.3 Å². The number of hydrogen-bond acceptors (Lipinski definition) is 2. The maximum absolute atomic E-state index is 12.0. The van der Waals surface area contributed by atoms with Crippen molar-refractivity contribution in [2.45, 2.75) is 50.6 Å². The summed E-state index contributed by atoms with van der Waals surface area (Å²) in [6.07, 6.45) is 6.20. The predicted molar refractivity (Wildman–Crippen MR) is 87.4 cm³/mol. The summed E-state index contributed by atoms with van der Waals surface area (Å²) in [5.41, 5.74) is 7.39. The van der Waals surface area contributed by atoms with Crippen molar-refractivity contribution in [3.8, 4) is 0 Å². The van der Waals surface area contributed by atoms with Crippen LogP contribution in [0.2, 0.25) is 0 Å². The van der Waals surface area contributed by atoms with Gasteiger partial charge in [-0.1, -0.05) is 36.8 Å². The van der Waals surface area contributed by atoms with Gasteiger partial charge < -0.3 is 11.1 Å². The monoisotopic (exact) mass is 308 g/mol. The number of amides is 1. The summed E-state index contributed by atoms with van der Waals surface area (Å²) in [6, 6.07) is 11.1. The maximum Gasteiger partial charge on any atom is 0.220 e. The van der Waals surface area contributed by atoms with Gasteiger partial charge in [0.15, 0.2) is 0 Å². The molecule has 21 heavy (non-hydrogen) atoms. The number of carbonyl (C=O) groups excluding carboxylic acids is 1. The van der Waals surface area contributed by atoms with Crippen molar-refractivity contribution in [3.63, 3.8) is 0 Å². The molecule has 0 aromatic heterocycles. The van der Waals surface area contributed by atoms with E-state index in [1.165, 1.54) is 12.0 Å². The zero-order valence-electron chi connectivity index (χ0n) is 12.3. The number of carbonyl (C=O) groups is 1. The molecule has 0 bridgehead atoms. The number of rotatable bonds is 5. The summed E-state index contributed by atoms with van der Waals surface area (Å²) in [5, 5.41) is 3.18. The van der Waals surface area contributed by atoms with Crippen LogP contribution in [0.3, 0.4) is 0 Å². The van der Waals surface area contributed by atoms with E-state index in [0.717, 1.165) is 25.7 Å². The molecule has 4 heteroatoms. The standard InChI is InChI=1S/C17H24N2O.ClH/c18-15-8-4-7-13(15)11-17(20)19-16-10-14(16)9-12-5-2-1-3-6-12;/h1-3,5-6,13-16H,4,7-11,18H2,(H,19,20);1H/t13-,14?,15+,16?;/m0./s1. The first-order valence-corrected chi connectivity index (χ1v) is 7.81. The zero-order chi connectivity index (χ0) is 13.9. The second kappa shape index (κ2) is 7.28. The van der Waals surface area contributed by atoms with Gasteiger partial charge in [-0.25, -0.2) is 0 Å². The number of nitrogens with one attached hydrogen (secondary N) is 1. The Kier molecular flexibility index (Phi) is 5.65. The van der Waals surface area contributed by atoms with Crippen LogP contribution in [-0.2, 0) is 11.2 Å². The highest BCUT2D eigenvalue weighted by atomic mass is 35.5. The SMILES string of the molecule is Cl.N[C@@H]1CCC[C@H]1CC(=O)NC1CC1Cc1ccccc1. The maximum atomic E-state index is 12.0. The molecule has 2 saturated carbocycles. The molecule has 2 aliphatic carbocycles. The lowest BCUT2D eigenvalue weighted by Gasteiger charge is -2.14. The van der Waals surface area contributed by atoms with Crippen molar-refractivity contribution in [1.29, 1.82) is 0 Å². The van der Waals surface area contributed by atoms with Gasteiger partial charge in [-0.2, -0.15) is 0 Å². The van der Waals surface area contributed by atoms with E-state index in [-0.39, 0.29) is 24.4 Å². The first-order valence-electron chi connectivity index (χ1n) is 7.81. The van der Waals surface area contributed by atoms with Crippen LogP contribution in [0.1, 0.15) is 37.7 Å². The molecule has 0 spiro atoms. The summed E-state index contributed by atoms with van der Waals surface area (Å²) in [5.74, 6) is 1.23. The number of halogens is 1. The Morgan fingerprint density at radius 2 is 1.95 bits per heavy atom. The highest BCUT2D eigenvalue weighted by molar-refractivity contribution is 5.85. The third-order valence-electron chi connectivity index (χ3n) is 4.78. The molecule has 116 valence electrons. The molecule has 1 amide bonds. The van der Waals surface area contributed by atoms with E-state index in [4.69, 9.17) is 5.73 Å². The molecule has 2 fully saturated rings. The molecule has 0 radical (unpaired) electrons. The molecule has 1 aromatic carbocycles. The minimum absolute atomic E-state index is 0. The van der Waals surface area contributed by atoms with Crippen LogP contribution >= 0.6 is 12.4 Å². The van der Waals surface area contributed by atoms with Gasteiger partial charge in [-0.15, -0.1) is 12.4 Å². The van der Waals surface area contributed by atoms with Gasteiger partial charge in [0, 0.05) is 18.5 Å². The lowest BCUT2D eigenvalue weighted by molar-refractivity contribution is -0.122. The first-order chi connectivity index (χ1) is 9.72. The largest absolute Gasteiger partial charge is 0.353 e. The highest BCUT2D eigenvalue weighted by Crippen LogP contribution is 2.34. The molecule has 0 heterocycles. The molecule has 2 aliphatic rings. The highest BCUT2D eigenvalue weighted by Gasteiger charge is 2.38. The molecule has 1 aromatic rings. The Hall–Kier alpha value is -1.06. The predicted octanol–water partition coefficient (Wildman–Crippen LogP) is 2.67. The molecule has 3 nitrogen and oxygen atoms in total. The van der Waals surface area contributed by atoms with Crippen LogP contribution in [0.15, 0.2) is 30.3 Å². The molecule has 0 aliphatic heterocycles. The summed E-state index contributed by atoms with van der Waals surface area (Å²) in [6.45, 7) is 0. The van der Waals surface area contributed by atoms with Crippen molar-refractivity contribution in [2.75, 3.05) is 0 Å². The van der Waals surface area contributed by atoms with E-state index in [9.17, 15) is 4.79 Å². The third kappa shape index (κ3) is 4.45. The Morgan fingerprint density at radius 3 is 2.62 bits per heavy atom. The third-order valence-corrected chi connectivity index (χ3v) is 4.78. The second-order valence-electron chi connectivity index (χ2n) is 6.42. The Morgan fingerprint density at radius 1 is 1.19 bits per heavy atom. The molecule has 4 atom stereocenters. The minimum Gasteiger partial charge on any atom is -0.353 e. The summed E-state index contributed by atoms with van der Waals surface area (Å²) in [4.78, 5) is 12.0. The van der Waals surface area contributed by atoms with Crippen LogP contribution in [0.5, 0.6) is 0 Å². The van der Waals surface area contributed by atoms with Gasteiger partial charge in [0.25, 0.3) is 0 Å².